The highest BCUT2D eigenvalue weighted by molar-refractivity contribution is 5.70. The fourth-order valence-electron chi connectivity index (χ4n) is 0.978. The van der Waals surface area contributed by atoms with Gasteiger partial charge in [0.2, 0.25) is 6.29 Å². The van der Waals surface area contributed by atoms with Gasteiger partial charge in [0.15, 0.2) is 0 Å². The van der Waals surface area contributed by atoms with Crippen molar-refractivity contribution in [3.8, 4) is 0 Å². The number of cyclic esters (lactones) is 1. The number of ether oxygens (including phenoxy) is 2. The summed E-state index contributed by atoms with van der Waals surface area (Å²) >= 11 is 0. The molecule has 0 aromatic heterocycles. The van der Waals surface area contributed by atoms with Crippen LogP contribution in [0.25, 0.3) is 0 Å². The number of hydrogen-bond acceptors (Lipinski definition) is 3. The van der Waals surface area contributed by atoms with E-state index in [0.717, 1.165) is 6.42 Å². The van der Waals surface area contributed by atoms with Crippen molar-refractivity contribution >= 4 is 5.97 Å². The van der Waals surface area contributed by atoms with Crippen molar-refractivity contribution in [3.63, 3.8) is 0 Å². The van der Waals surface area contributed by atoms with Gasteiger partial charge in [0.1, 0.15) is 12.4 Å². The third-order valence-electron chi connectivity index (χ3n) is 1.51. The molecule has 1 aliphatic heterocycles. The van der Waals surface area contributed by atoms with Gasteiger partial charge in [-0.3, -0.25) is 4.79 Å². The van der Waals surface area contributed by atoms with E-state index in [2.05, 4.69) is 6.58 Å². The summed E-state index contributed by atoms with van der Waals surface area (Å²) in [6.07, 6.45) is 1.22. The van der Waals surface area contributed by atoms with Crippen molar-refractivity contribution in [2.24, 2.45) is 0 Å². The van der Waals surface area contributed by atoms with Crippen molar-refractivity contribution in [2.45, 2.75) is 25.6 Å². The summed E-state index contributed by atoms with van der Waals surface area (Å²) in [7, 11) is 0. The number of halogens is 1. The predicted molar refractivity (Wildman–Crippen MR) is 39.9 cm³/mol. The third-order valence-corrected chi connectivity index (χ3v) is 1.51. The van der Waals surface area contributed by atoms with E-state index in [9.17, 15) is 9.18 Å². The van der Waals surface area contributed by atoms with Crippen LogP contribution in [0.1, 0.15) is 19.3 Å². The van der Waals surface area contributed by atoms with Gasteiger partial charge in [-0.25, -0.2) is 4.39 Å². The number of rotatable bonds is 3. The number of hydrogen-bond donors (Lipinski definition) is 0. The Morgan fingerprint density at radius 1 is 1.83 bits per heavy atom. The van der Waals surface area contributed by atoms with Gasteiger partial charge < -0.3 is 9.47 Å². The van der Waals surface area contributed by atoms with E-state index in [-0.39, 0.29) is 12.6 Å². The van der Waals surface area contributed by atoms with Crippen LogP contribution in [0.4, 0.5) is 4.39 Å². The second-order valence-corrected chi connectivity index (χ2v) is 2.64. The standard InChI is InChI=1S/C8H11FO3/c1-6(9)5-11-8-4-2-3-7(10)12-8/h8H,1-5H2. The maximum Gasteiger partial charge on any atom is 0.308 e. The lowest BCUT2D eigenvalue weighted by Gasteiger charge is -2.21. The Bertz CT molecular complexity index is 191. The van der Waals surface area contributed by atoms with Crippen LogP contribution in [0.2, 0.25) is 0 Å². The fraction of sp³-hybridized carbons (Fsp3) is 0.625. The Labute approximate surface area is 70.2 Å². The Morgan fingerprint density at radius 2 is 2.58 bits per heavy atom. The average molecular weight is 174 g/mol. The van der Waals surface area contributed by atoms with E-state index in [1.54, 1.807) is 0 Å². The summed E-state index contributed by atoms with van der Waals surface area (Å²) in [5.41, 5.74) is 0. The maximum absolute atomic E-state index is 12.1. The van der Waals surface area contributed by atoms with Crippen molar-refractivity contribution in [3.05, 3.63) is 12.4 Å². The molecular formula is C8H11FO3. The zero-order chi connectivity index (χ0) is 8.97. The lowest BCUT2D eigenvalue weighted by molar-refractivity contribution is -0.187. The van der Waals surface area contributed by atoms with Crippen molar-refractivity contribution in [2.75, 3.05) is 6.61 Å². The first-order chi connectivity index (χ1) is 5.68. The van der Waals surface area contributed by atoms with E-state index in [0.29, 0.717) is 12.8 Å². The largest absolute Gasteiger partial charge is 0.436 e. The summed E-state index contributed by atoms with van der Waals surface area (Å²) < 4.78 is 21.8. The summed E-state index contributed by atoms with van der Waals surface area (Å²) in [5, 5.41) is 0. The molecule has 1 heterocycles. The Balaban J connectivity index is 2.23. The van der Waals surface area contributed by atoms with E-state index in [4.69, 9.17) is 9.47 Å². The van der Waals surface area contributed by atoms with E-state index >= 15 is 0 Å². The molecule has 4 heteroatoms. The summed E-state index contributed by atoms with van der Waals surface area (Å²) in [5.74, 6) is -0.840. The zero-order valence-electron chi connectivity index (χ0n) is 6.72. The molecule has 0 aromatic carbocycles. The highest BCUT2D eigenvalue weighted by Crippen LogP contribution is 2.15. The molecule has 1 aliphatic rings. The predicted octanol–water partition coefficient (Wildman–Crippen LogP) is 1.54. The molecule has 1 saturated heterocycles. The highest BCUT2D eigenvalue weighted by atomic mass is 19.1. The molecule has 0 aromatic rings. The number of esters is 1. The van der Waals surface area contributed by atoms with Gasteiger partial charge in [-0.05, 0) is 6.42 Å². The van der Waals surface area contributed by atoms with E-state index in [1.807, 2.05) is 0 Å². The average Bonchev–Trinajstić information content (AvgIpc) is 2.01. The number of carbonyl (C=O) groups is 1. The molecule has 1 atom stereocenters. The molecule has 0 spiro atoms. The van der Waals surface area contributed by atoms with E-state index < -0.39 is 12.1 Å². The maximum atomic E-state index is 12.1. The summed E-state index contributed by atoms with van der Waals surface area (Å²) in [6, 6.07) is 0. The lowest BCUT2D eigenvalue weighted by Crippen LogP contribution is -2.26. The fourth-order valence-corrected chi connectivity index (χ4v) is 0.978. The van der Waals surface area contributed by atoms with Crippen LogP contribution in [0.5, 0.6) is 0 Å². The molecule has 3 nitrogen and oxygen atoms in total. The van der Waals surface area contributed by atoms with Gasteiger partial charge >= 0.3 is 5.97 Å². The van der Waals surface area contributed by atoms with Crippen LogP contribution in [0.15, 0.2) is 12.4 Å². The highest BCUT2D eigenvalue weighted by Gasteiger charge is 2.20. The first-order valence-corrected chi connectivity index (χ1v) is 3.83. The minimum Gasteiger partial charge on any atom is -0.436 e. The molecule has 1 unspecified atom stereocenters. The third kappa shape index (κ3) is 3.00. The van der Waals surface area contributed by atoms with Crippen molar-refractivity contribution in [1.82, 2.24) is 0 Å². The van der Waals surface area contributed by atoms with Gasteiger partial charge in [0.25, 0.3) is 0 Å². The van der Waals surface area contributed by atoms with Crippen molar-refractivity contribution in [1.29, 1.82) is 0 Å². The molecule has 0 amide bonds. The van der Waals surface area contributed by atoms with Gasteiger partial charge in [-0.2, -0.15) is 0 Å². The SMILES string of the molecule is C=C(F)COC1CCCC(=O)O1. The first kappa shape index (κ1) is 9.19. The lowest BCUT2D eigenvalue weighted by atomic mass is 10.2. The van der Waals surface area contributed by atoms with Gasteiger partial charge in [-0.1, -0.05) is 6.58 Å². The topological polar surface area (TPSA) is 35.5 Å². The Hall–Kier alpha value is -0.900. The molecule has 1 fully saturated rings. The second-order valence-electron chi connectivity index (χ2n) is 2.64. The van der Waals surface area contributed by atoms with Crippen LogP contribution in [0, 0.1) is 0 Å². The monoisotopic (exact) mass is 174 g/mol. The molecule has 12 heavy (non-hydrogen) atoms. The minimum absolute atomic E-state index is 0.196. The van der Waals surface area contributed by atoms with Crippen LogP contribution in [-0.2, 0) is 14.3 Å². The van der Waals surface area contributed by atoms with Gasteiger partial charge in [0, 0.05) is 12.8 Å². The Kier molecular flexibility index (Phi) is 3.22. The van der Waals surface area contributed by atoms with Crippen LogP contribution >= 0.6 is 0 Å². The molecule has 0 saturated carbocycles. The molecule has 68 valence electrons. The van der Waals surface area contributed by atoms with Crippen LogP contribution in [0.3, 0.4) is 0 Å². The molecular weight excluding hydrogens is 163 g/mol. The van der Waals surface area contributed by atoms with Crippen molar-refractivity contribution < 1.29 is 18.7 Å². The second kappa shape index (κ2) is 4.21. The first-order valence-electron chi connectivity index (χ1n) is 3.83. The molecule has 0 radical (unpaired) electrons. The van der Waals surface area contributed by atoms with Crippen LogP contribution < -0.4 is 0 Å². The van der Waals surface area contributed by atoms with Gasteiger partial charge in [-0.15, -0.1) is 0 Å². The number of carbonyl (C=O) groups excluding carboxylic acids is 1. The molecule has 1 rings (SSSR count). The van der Waals surface area contributed by atoms with Crippen LogP contribution in [-0.4, -0.2) is 18.9 Å². The van der Waals surface area contributed by atoms with Gasteiger partial charge in [0.05, 0.1) is 0 Å². The quantitative estimate of drug-likeness (QED) is 0.609. The molecule has 0 bridgehead atoms. The molecule has 0 aliphatic carbocycles. The Morgan fingerprint density at radius 3 is 3.17 bits per heavy atom. The normalized spacial score (nSPS) is 23.4. The van der Waals surface area contributed by atoms with E-state index in [1.165, 1.54) is 0 Å². The summed E-state index contributed by atoms with van der Waals surface area (Å²) in [6.45, 7) is 2.83. The molecule has 0 N–H and O–H groups in total. The smallest absolute Gasteiger partial charge is 0.308 e. The summed E-state index contributed by atoms with van der Waals surface area (Å²) in [4.78, 5) is 10.7. The zero-order valence-corrected chi connectivity index (χ0v) is 6.72. The minimum atomic E-state index is -0.584.